The van der Waals surface area contributed by atoms with Crippen molar-refractivity contribution in [1.29, 1.82) is 0 Å². The molecule has 3 nitrogen and oxygen atoms in total. The van der Waals surface area contributed by atoms with Crippen molar-refractivity contribution in [2.24, 2.45) is 5.92 Å². The third kappa shape index (κ3) is 2.33. The fourth-order valence-electron chi connectivity index (χ4n) is 2.82. The molecule has 0 radical (unpaired) electrons. The van der Waals surface area contributed by atoms with Crippen LogP contribution in [0.2, 0.25) is 0 Å². The zero-order chi connectivity index (χ0) is 12.4. The number of nitrogens with one attached hydrogen (secondary N) is 1. The molecule has 2 aliphatic rings. The quantitative estimate of drug-likeness (QED) is 0.809. The molecule has 1 aromatic carbocycles. The lowest BCUT2D eigenvalue weighted by Crippen LogP contribution is -2.27. The van der Waals surface area contributed by atoms with Gasteiger partial charge >= 0.3 is 0 Å². The molecule has 1 atom stereocenters. The molecule has 18 heavy (non-hydrogen) atoms. The number of benzene rings is 1. The number of carbonyl (C=O) groups excluding carboxylic acids is 1. The standard InChI is InChI=1S/C15H19NO2/c17-15(13-2-1-7-18-10-13)12-4-3-11-5-6-16-9-14(11)8-12/h3-4,8,13,16H,1-2,5-7,9-10H2. The normalized spacial score (nSPS) is 23.4. The minimum absolute atomic E-state index is 0.0633. The molecule has 2 aliphatic heterocycles. The van der Waals surface area contributed by atoms with Gasteiger partial charge in [0.1, 0.15) is 0 Å². The first-order chi connectivity index (χ1) is 8.84. The second kappa shape index (κ2) is 5.21. The van der Waals surface area contributed by atoms with Gasteiger partial charge in [0.2, 0.25) is 0 Å². The van der Waals surface area contributed by atoms with E-state index >= 15 is 0 Å². The van der Waals surface area contributed by atoms with E-state index < -0.39 is 0 Å². The van der Waals surface area contributed by atoms with Gasteiger partial charge in [-0.3, -0.25) is 4.79 Å². The van der Waals surface area contributed by atoms with E-state index in [0.29, 0.717) is 6.61 Å². The van der Waals surface area contributed by atoms with Crippen LogP contribution in [0.15, 0.2) is 18.2 Å². The van der Waals surface area contributed by atoms with E-state index in [1.54, 1.807) is 0 Å². The number of ether oxygens (including phenoxy) is 1. The number of ketones is 1. The Morgan fingerprint density at radius 3 is 3.11 bits per heavy atom. The van der Waals surface area contributed by atoms with Crippen LogP contribution in [0.5, 0.6) is 0 Å². The highest BCUT2D eigenvalue weighted by atomic mass is 16.5. The van der Waals surface area contributed by atoms with E-state index in [1.807, 2.05) is 6.07 Å². The minimum atomic E-state index is 0.0633. The smallest absolute Gasteiger partial charge is 0.168 e. The van der Waals surface area contributed by atoms with E-state index in [0.717, 1.165) is 44.5 Å². The summed E-state index contributed by atoms with van der Waals surface area (Å²) in [5.41, 5.74) is 3.52. The molecule has 1 saturated heterocycles. The van der Waals surface area contributed by atoms with Crippen LogP contribution in [-0.2, 0) is 17.7 Å². The number of rotatable bonds is 2. The van der Waals surface area contributed by atoms with Gasteiger partial charge in [0.05, 0.1) is 6.61 Å². The molecule has 1 aromatic rings. The van der Waals surface area contributed by atoms with Crippen molar-refractivity contribution in [2.75, 3.05) is 19.8 Å². The summed E-state index contributed by atoms with van der Waals surface area (Å²) in [5.74, 6) is 0.316. The topological polar surface area (TPSA) is 38.3 Å². The highest BCUT2D eigenvalue weighted by Gasteiger charge is 2.23. The van der Waals surface area contributed by atoms with Gasteiger partial charge in [0, 0.05) is 24.6 Å². The zero-order valence-corrected chi connectivity index (χ0v) is 10.6. The van der Waals surface area contributed by atoms with Gasteiger partial charge in [-0.25, -0.2) is 0 Å². The van der Waals surface area contributed by atoms with E-state index in [-0.39, 0.29) is 11.7 Å². The highest BCUT2D eigenvalue weighted by Crippen LogP contribution is 2.22. The summed E-state index contributed by atoms with van der Waals surface area (Å²) < 4.78 is 5.40. The Hall–Kier alpha value is -1.19. The average molecular weight is 245 g/mol. The van der Waals surface area contributed by atoms with Crippen molar-refractivity contribution in [3.8, 4) is 0 Å². The summed E-state index contributed by atoms with van der Waals surface area (Å²) in [5, 5.41) is 3.35. The molecule has 0 aromatic heterocycles. The van der Waals surface area contributed by atoms with Gasteiger partial charge in [0.25, 0.3) is 0 Å². The molecule has 3 heteroatoms. The first kappa shape index (κ1) is 11.9. The van der Waals surface area contributed by atoms with Crippen LogP contribution in [0.4, 0.5) is 0 Å². The molecule has 1 unspecified atom stereocenters. The Labute approximate surface area is 108 Å². The molecule has 1 N–H and O–H groups in total. The molecular weight excluding hydrogens is 226 g/mol. The molecular formula is C15H19NO2. The Morgan fingerprint density at radius 1 is 1.33 bits per heavy atom. The number of hydrogen-bond acceptors (Lipinski definition) is 3. The van der Waals surface area contributed by atoms with Gasteiger partial charge in [-0.1, -0.05) is 12.1 Å². The number of Topliss-reactive ketones (excluding diaryl/α,β-unsaturated/α-hetero) is 1. The van der Waals surface area contributed by atoms with Crippen molar-refractivity contribution < 1.29 is 9.53 Å². The predicted molar refractivity (Wildman–Crippen MR) is 69.7 cm³/mol. The summed E-state index contributed by atoms with van der Waals surface area (Å²) in [7, 11) is 0. The van der Waals surface area contributed by atoms with Crippen molar-refractivity contribution in [2.45, 2.75) is 25.8 Å². The van der Waals surface area contributed by atoms with Crippen molar-refractivity contribution in [3.05, 3.63) is 34.9 Å². The van der Waals surface area contributed by atoms with E-state index in [1.165, 1.54) is 11.1 Å². The monoisotopic (exact) mass is 245 g/mol. The van der Waals surface area contributed by atoms with Crippen LogP contribution in [0.3, 0.4) is 0 Å². The maximum Gasteiger partial charge on any atom is 0.168 e. The first-order valence-corrected chi connectivity index (χ1v) is 6.79. The molecule has 96 valence electrons. The van der Waals surface area contributed by atoms with Gasteiger partial charge in [-0.2, -0.15) is 0 Å². The third-order valence-electron chi connectivity index (χ3n) is 3.91. The zero-order valence-electron chi connectivity index (χ0n) is 10.6. The maximum absolute atomic E-state index is 12.4. The maximum atomic E-state index is 12.4. The lowest BCUT2D eigenvalue weighted by molar-refractivity contribution is 0.0461. The molecule has 0 amide bonds. The Balaban J connectivity index is 1.80. The largest absolute Gasteiger partial charge is 0.381 e. The molecule has 3 rings (SSSR count). The summed E-state index contributed by atoms with van der Waals surface area (Å²) in [6, 6.07) is 6.17. The number of hydrogen-bond donors (Lipinski definition) is 1. The molecule has 1 fully saturated rings. The van der Waals surface area contributed by atoms with Gasteiger partial charge in [0.15, 0.2) is 5.78 Å². The first-order valence-electron chi connectivity index (χ1n) is 6.79. The summed E-state index contributed by atoms with van der Waals surface area (Å²) >= 11 is 0. The minimum Gasteiger partial charge on any atom is -0.381 e. The summed E-state index contributed by atoms with van der Waals surface area (Å²) in [6.07, 6.45) is 3.04. The van der Waals surface area contributed by atoms with Crippen molar-refractivity contribution in [3.63, 3.8) is 0 Å². The Bertz CT molecular complexity index is 450. The van der Waals surface area contributed by atoms with Crippen LogP contribution in [0, 0.1) is 5.92 Å². The Morgan fingerprint density at radius 2 is 2.28 bits per heavy atom. The van der Waals surface area contributed by atoms with Crippen molar-refractivity contribution >= 4 is 5.78 Å². The second-order valence-electron chi connectivity index (χ2n) is 5.19. The molecule has 0 spiro atoms. The SMILES string of the molecule is O=C(c1ccc2c(c1)CNCC2)C1CCCOC1. The fraction of sp³-hybridized carbons (Fsp3) is 0.533. The van der Waals surface area contributed by atoms with Crippen molar-refractivity contribution in [1.82, 2.24) is 5.32 Å². The average Bonchev–Trinajstić information content (AvgIpc) is 2.47. The van der Waals surface area contributed by atoms with Gasteiger partial charge in [-0.15, -0.1) is 0 Å². The van der Waals surface area contributed by atoms with Crippen LogP contribution in [0.25, 0.3) is 0 Å². The van der Waals surface area contributed by atoms with Crippen LogP contribution in [0.1, 0.15) is 34.3 Å². The highest BCUT2D eigenvalue weighted by molar-refractivity contribution is 5.98. The molecule has 0 bridgehead atoms. The lowest BCUT2D eigenvalue weighted by atomic mass is 9.90. The van der Waals surface area contributed by atoms with Crippen LogP contribution >= 0.6 is 0 Å². The summed E-state index contributed by atoms with van der Waals surface area (Å²) in [4.78, 5) is 12.4. The fourth-order valence-corrected chi connectivity index (χ4v) is 2.82. The van der Waals surface area contributed by atoms with Crippen LogP contribution < -0.4 is 5.32 Å². The second-order valence-corrected chi connectivity index (χ2v) is 5.19. The van der Waals surface area contributed by atoms with E-state index in [2.05, 4.69) is 17.4 Å². The van der Waals surface area contributed by atoms with Crippen LogP contribution in [-0.4, -0.2) is 25.5 Å². The lowest BCUT2D eigenvalue weighted by Gasteiger charge is -2.22. The van der Waals surface area contributed by atoms with E-state index in [4.69, 9.17) is 4.74 Å². The number of carbonyl (C=O) groups is 1. The predicted octanol–water partition coefficient (Wildman–Crippen LogP) is 1.94. The Kier molecular flexibility index (Phi) is 3.43. The van der Waals surface area contributed by atoms with Gasteiger partial charge < -0.3 is 10.1 Å². The molecule has 2 heterocycles. The van der Waals surface area contributed by atoms with Gasteiger partial charge in [-0.05, 0) is 43.0 Å². The molecule has 0 aliphatic carbocycles. The van der Waals surface area contributed by atoms with E-state index in [9.17, 15) is 4.79 Å². The molecule has 0 saturated carbocycles. The number of fused-ring (bicyclic) bond motifs is 1. The summed E-state index contributed by atoms with van der Waals surface area (Å²) in [6.45, 7) is 3.32. The third-order valence-corrected chi connectivity index (χ3v) is 3.91.